The molecule has 2 rings (SSSR count). The Morgan fingerprint density at radius 1 is 1.13 bits per heavy atom. The number of anilines is 2. The summed E-state index contributed by atoms with van der Waals surface area (Å²) >= 11 is 0. The summed E-state index contributed by atoms with van der Waals surface area (Å²) in [6.07, 6.45) is -4.75. The summed E-state index contributed by atoms with van der Waals surface area (Å²) in [6.45, 7) is 4.26. The first kappa shape index (κ1) is 23.5. The fraction of sp³-hybridized carbons (Fsp3) is 0.350. The zero-order valence-corrected chi connectivity index (χ0v) is 17.4. The lowest BCUT2D eigenvalue weighted by molar-refractivity contribution is -0.143. The molecular formula is C20H23F3N2O4S. The maximum absolute atomic E-state index is 13.2. The second-order valence-corrected chi connectivity index (χ2v) is 8.27. The number of esters is 1. The van der Waals surface area contributed by atoms with Gasteiger partial charge in [-0.3, -0.25) is 4.79 Å². The Morgan fingerprint density at radius 2 is 1.80 bits per heavy atom. The minimum atomic E-state index is -4.79. The van der Waals surface area contributed by atoms with Crippen LogP contribution in [0.15, 0.2) is 52.3 Å². The molecule has 0 heterocycles. The molecule has 30 heavy (non-hydrogen) atoms. The normalized spacial score (nSPS) is 11.9. The lowest BCUT2D eigenvalue weighted by Gasteiger charge is -2.25. The number of carbonyl (C=O) groups is 1. The van der Waals surface area contributed by atoms with Crippen LogP contribution in [0.3, 0.4) is 0 Å². The number of carbonyl (C=O) groups excluding carboxylic acids is 1. The standard InChI is InChI=1S/C20H23F3N2O4S/c1-3-25(12-11-19(26)29-4-2)17-7-5-6-8-18(17)30(27,28)14-9-10-16(24)15(13-14)20(21,22)23/h5-10,13H,3-4,11-12,24H2,1-2H3. The second-order valence-electron chi connectivity index (χ2n) is 6.35. The largest absolute Gasteiger partial charge is 0.466 e. The first-order chi connectivity index (χ1) is 14.0. The number of ether oxygens (including phenoxy) is 1. The molecule has 0 aliphatic heterocycles. The highest BCUT2D eigenvalue weighted by Gasteiger charge is 2.35. The van der Waals surface area contributed by atoms with Crippen LogP contribution in [-0.4, -0.2) is 34.1 Å². The van der Waals surface area contributed by atoms with Crippen LogP contribution in [0.4, 0.5) is 24.5 Å². The monoisotopic (exact) mass is 444 g/mol. The second kappa shape index (κ2) is 9.38. The Morgan fingerprint density at radius 3 is 2.40 bits per heavy atom. The topological polar surface area (TPSA) is 89.7 Å². The zero-order valence-electron chi connectivity index (χ0n) is 16.6. The van der Waals surface area contributed by atoms with E-state index >= 15 is 0 Å². The van der Waals surface area contributed by atoms with Crippen LogP contribution in [0.5, 0.6) is 0 Å². The quantitative estimate of drug-likeness (QED) is 0.491. The molecule has 0 spiro atoms. The summed E-state index contributed by atoms with van der Waals surface area (Å²) in [7, 11) is -4.29. The summed E-state index contributed by atoms with van der Waals surface area (Å²) in [6, 6.07) is 8.48. The zero-order chi connectivity index (χ0) is 22.5. The molecule has 0 fully saturated rings. The van der Waals surface area contributed by atoms with Crippen LogP contribution in [0.1, 0.15) is 25.8 Å². The molecule has 0 amide bonds. The molecule has 0 bridgehead atoms. The number of hydrogen-bond acceptors (Lipinski definition) is 6. The first-order valence-electron chi connectivity index (χ1n) is 9.23. The van der Waals surface area contributed by atoms with E-state index in [4.69, 9.17) is 10.5 Å². The molecule has 2 N–H and O–H groups in total. The van der Waals surface area contributed by atoms with Crippen LogP contribution in [-0.2, 0) is 25.5 Å². The lowest BCUT2D eigenvalue weighted by atomic mass is 10.2. The van der Waals surface area contributed by atoms with E-state index in [1.807, 2.05) is 0 Å². The van der Waals surface area contributed by atoms with Gasteiger partial charge in [0.05, 0.1) is 34.1 Å². The van der Waals surface area contributed by atoms with E-state index in [1.165, 1.54) is 12.1 Å². The summed E-state index contributed by atoms with van der Waals surface area (Å²) in [5.41, 5.74) is 3.90. The van der Waals surface area contributed by atoms with E-state index in [1.54, 1.807) is 30.9 Å². The fourth-order valence-corrected chi connectivity index (χ4v) is 4.43. The minimum absolute atomic E-state index is 0.0379. The van der Waals surface area contributed by atoms with E-state index in [9.17, 15) is 26.4 Å². The van der Waals surface area contributed by atoms with Crippen molar-refractivity contribution in [3.63, 3.8) is 0 Å². The number of alkyl halides is 3. The van der Waals surface area contributed by atoms with Crippen molar-refractivity contribution in [2.24, 2.45) is 0 Å². The van der Waals surface area contributed by atoms with Crippen molar-refractivity contribution < 1.29 is 31.1 Å². The number of halogens is 3. The van der Waals surface area contributed by atoms with E-state index in [0.717, 1.165) is 12.1 Å². The maximum atomic E-state index is 13.2. The number of para-hydroxylation sites is 1. The summed E-state index contributed by atoms with van der Waals surface area (Å²) in [5, 5.41) is 0. The molecule has 2 aromatic rings. The van der Waals surface area contributed by atoms with Gasteiger partial charge >= 0.3 is 12.1 Å². The molecule has 0 radical (unpaired) electrons. The number of benzene rings is 2. The molecule has 0 aliphatic carbocycles. The van der Waals surface area contributed by atoms with Crippen molar-refractivity contribution in [1.82, 2.24) is 0 Å². The lowest BCUT2D eigenvalue weighted by Crippen LogP contribution is -2.28. The Kier molecular flexibility index (Phi) is 7.35. The molecule has 0 saturated carbocycles. The van der Waals surface area contributed by atoms with E-state index < -0.39 is 38.1 Å². The molecule has 0 unspecified atom stereocenters. The van der Waals surface area contributed by atoms with Crippen LogP contribution in [0, 0.1) is 0 Å². The van der Waals surface area contributed by atoms with Gasteiger partial charge < -0.3 is 15.4 Å². The van der Waals surface area contributed by atoms with Gasteiger partial charge in [0.2, 0.25) is 9.84 Å². The average molecular weight is 444 g/mol. The van der Waals surface area contributed by atoms with Gasteiger partial charge in [0.1, 0.15) is 0 Å². The van der Waals surface area contributed by atoms with Gasteiger partial charge in [-0.25, -0.2) is 8.42 Å². The molecule has 2 aromatic carbocycles. The maximum Gasteiger partial charge on any atom is 0.418 e. The summed E-state index contributed by atoms with van der Waals surface area (Å²) in [4.78, 5) is 12.7. The molecule has 6 nitrogen and oxygen atoms in total. The van der Waals surface area contributed by atoms with Crippen molar-refractivity contribution >= 4 is 27.2 Å². The fourth-order valence-electron chi connectivity index (χ4n) is 2.93. The molecule has 10 heteroatoms. The van der Waals surface area contributed by atoms with E-state index in [2.05, 4.69) is 0 Å². The van der Waals surface area contributed by atoms with E-state index in [-0.39, 0.29) is 30.2 Å². The summed E-state index contributed by atoms with van der Waals surface area (Å²) < 4.78 is 70.8. The van der Waals surface area contributed by atoms with Crippen molar-refractivity contribution in [3.8, 4) is 0 Å². The first-order valence-corrected chi connectivity index (χ1v) is 10.7. The van der Waals surface area contributed by atoms with Gasteiger partial charge in [-0.1, -0.05) is 12.1 Å². The SMILES string of the molecule is CCOC(=O)CCN(CC)c1ccccc1S(=O)(=O)c1ccc(N)c(C(F)(F)F)c1. The van der Waals surface area contributed by atoms with Crippen LogP contribution in [0.2, 0.25) is 0 Å². The number of nitrogen functional groups attached to an aromatic ring is 1. The third kappa shape index (κ3) is 5.24. The van der Waals surface area contributed by atoms with Crippen molar-refractivity contribution in [2.45, 2.75) is 36.2 Å². The van der Waals surface area contributed by atoms with E-state index in [0.29, 0.717) is 12.6 Å². The highest BCUT2D eigenvalue weighted by atomic mass is 32.2. The Bertz CT molecular complexity index is 1010. The van der Waals surface area contributed by atoms with Crippen molar-refractivity contribution in [2.75, 3.05) is 30.3 Å². The average Bonchev–Trinajstić information content (AvgIpc) is 2.68. The number of nitrogens with zero attached hydrogens (tertiary/aromatic N) is 1. The van der Waals surface area contributed by atoms with Gasteiger partial charge in [0, 0.05) is 18.8 Å². The summed E-state index contributed by atoms with van der Waals surface area (Å²) in [5.74, 6) is -0.426. The smallest absolute Gasteiger partial charge is 0.418 e. The van der Waals surface area contributed by atoms with Crippen LogP contribution in [0.25, 0.3) is 0 Å². The minimum Gasteiger partial charge on any atom is -0.466 e. The number of sulfone groups is 1. The third-order valence-corrected chi connectivity index (χ3v) is 6.21. The molecule has 0 atom stereocenters. The van der Waals surface area contributed by atoms with Crippen molar-refractivity contribution in [1.29, 1.82) is 0 Å². The predicted octanol–water partition coefficient (Wildman–Crippen LogP) is 3.90. The van der Waals surface area contributed by atoms with Gasteiger partial charge in [-0.05, 0) is 44.2 Å². The Balaban J connectivity index is 2.48. The Labute approximate surface area is 173 Å². The molecule has 0 aromatic heterocycles. The predicted molar refractivity (Wildman–Crippen MR) is 107 cm³/mol. The van der Waals surface area contributed by atoms with Gasteiger partial charge in [-0.15, -0.1) is 0 Å². The molecular weight excluding hydrogens is 421 g/mol. The molecule has 0 saturated heterocycles. The molecule has 164 valence electrons. The number of nitrogens with two attached hydrogens (primary N) is 1. The van der Waals surface area contributed by atoms with Gasteiger partial charge in [0.15, 0.2) is 0 Å². The number of rotatable bonds is 8. The number of hydrogen-bond donors (Lipinski definition) is 1. The van der Waals surface area contributed by atoms with Crippen LogP contribution < -0.4 is 10.6 Å². The third-order valence-electron chi connectivity index (χ3n) is 4.41. The van der Waals surface area contributed by atoms with Crippen LogP contribution >= 0.6 is 0 Å². The molecule has 0 aliphatic rings. The highest BCUT2D eigenvalue weighted by Crippen LogP contribution is 2.37. The van der Waals surface area contributed by atoms with Gasteiger partial charge in [0.25, 0.3) is 0 Å². The highest BCUT2D eigenvalue weighted by molar-refractivity contribution is 7.91. The van der Waals surface area contributed by atoms with Gasteiger partial charge in [-0.2, -0.15) is 13.2 Å². The van der Waals surface area contributed by atoms with Crippen molar-refractivity contribution in [3.05, 3.63) is 48.0 Å². The Hall–Kier alpha value is -2.75.